The molecule has 0 fully saturated rings. The lowest BCUT2D eigenvalue weighted by Gasteiger charge is -2.26. The van der Waals surface area contributed by atoms with E-state index in [2.05, 4.69) is 10.3 Å². The highest BCUT2D eigenvalue weighted by Gasteiger charge is 2.42. The van der Waals surface area contributed by atoms with Crippen molar-refractivity contribution in [1.82, 2.24) is 10.3 Å². The predicted octanol–water partition coefficient (Wildman–Crippen LogP) is 4.52. The largest absolute Gasteiger partial charge is 0.497 e. The number of dihydropyridines is 1. The van der Waals surface area contributed by atoms with Gasteiger partial charge in [0.25, 0.3) is 5.70 Å². The molecule has 0 saturated carbocycles. The number of thiophene rings is 1. The van der Waals surface area contributed by atoms with Gasteiger partial charge in [-0.3, -0.25) is 15.1 Å². The van der Waals surface area contributed by atoms with Crippen LogP contribution in [-0.4, -0.2) is 23.0 Å². The Morgan fingerprint density at radius 1 is 1.22 bits per heavy atom. The molecule has 8 nitrogen and oxygen atoms in total. The van der Waals surface area contributed by atoms with Crippen LogP contribution in [0, 0.1) is 10.1 Å². The number of hydrogen-bond acceptors (Lipinski definition) is 8. The molecule has 0 radical (unpaired) electrons. The Morgan fingerprint density at radius 2 is 1.97 bits per heavy atom. The lowest BCUT2D eigenvalue weighted by molar-refractivity contribution is -0.431. The molecule has 1 atom stereocenters. The average molecular weight is 452 g/mol. The topological polar surface area (TPSA) is 104 Å². The molecule has 32 heavy (non-hydrogen) atoms. The van der Waals surface area contributed by atoms with E-state index in [1.54, 1.807) is 57.6 Å². The molecule has 0 spiro atoms. The van der Waals surface area contributed by atoms with E-state index in [-0.39, 0.29) is 17.9 Å². The van der Waals surface area contributed by atoms with E-state index in [1.165, 1.54) is 11.3 Å². The molecule has 1 aliphatic heterocycles. The van der Waals surface area contributed by atoms with Crippen molar-refractivity contribution in [1.29, 1.82) is 0 Å². The maximum Gasteiger partial charge on any atom is 0.337 e. The third-order valence-electron chi connectivity index (χ3n) is 5.39. The van der Waals surface area contributed by atoms with E-state index in [1.807, 2.05) is 11.4 Å². The van der Waals surface area contributed by atoms with E-state index >= 15 is 0 Å². The zero-order valence-electron chi connectivity index (χ0n) is 17.7. The number of esters is 1. The number of fused-ring (bicyclic) bond motifs is 1. The predicted molar refractivity (Wildman–Crippen MR) is 121 cm³/mol. The molecule has 0 aliphatic carbocycles. The zero-order chi connectivity index (χ0) is 22.8. The van der Waals surface area contributed by atoms with Crippen molar-refractivity contribution in [2.75, 3.05) is 7.11 Å². The molecular formula is C23H21N3O5S. The fourth-order valence-electron chi connectivity index (χ4n) is 3.86. The smallest absolute Gasteiger partial charge is 0.337 e. The number of ether oxygens (including phenoxy) is 2. The van der Waals surface area contributed by atoms with Gasteiger partial charge in [0.1, 0.15) is 18.3 Å². The summed E-state index contributed by atoms with van der Waals surface area (Å²) in [5.41, 5.74) is 2.52. The molecule has 3 aromatic rings. The second-order valence-electron chi connectivity index (χ2n) is 7.35. The van der Waals surface area contributed by atoms with Crippen molar-refractivity contribution in [3.8, 4) is 5.75 Å². The minimum Gasteiger partial charge on any atom is -0.497 e. The van der Waals surface area contributed by atoms with Gasteiger partial charge in [-0.1, -0.05) is 12.1 Å². The van der Waals surface area contributed by atoms with Crippen molar-refractivity contribution in [2.24, 2.45) is 0 Å². The Bertz CT molecular complexity index is 1260. The van der Waals surface area contributed by atoms with Gasteiger partial charge >= 0.3 is 5.97 Å². The molecule has 0 amide bonds. The van der Waals surface area contributed by atoms with E-state index in [0.29, 0.717) is 22.7 Å². The lowest BCUT2D eigenvalue weighted by atomic mass is 9.84. The first kappa shape index (κ1) is 21.5. The van der Waals surface area contributed by atoms with Crippen molar-refractivity contribution in [2.45, 2.75) is 26.4 Å². The zero-order valence-corrected chi connectivity index (χ0v) is 18.6. The van der Waals surface area contributed by atoms with Crippen molar-refractivity contribution in [3.63, 3.8) is 0 Å². The first-order chi connectivity index (χ1) is 15.4. The Hall–Kier alpha value is -3.72. The van der Waals surface area contributed by atoms with Crippen LogP contribution in [0.1, 0.15) is 30.9 Å². The highest BCUT2D eigenvalue weighted by atomic mass is 32.1. The molecule has 1 N–H and O–H groups in total. The number of nitrogens with one attached hydrogen (secondary N) is 1. The van der Waals surface area contributed by atoms with Gasteiger partial charge in [-0.05, 0) is 48.6 Å². The molecule has 1 aliphatic rings. The molecule has 1 unspecified atom stereocenters. The molecular weight excluding hydrogens is 430 g/mol. The summed E-state index contributed by atoms with van der Waals surface area (Å²) in [5.74, 6) is -0.775. The molecule has 9 heteroatoms. The second-order valence-corrected chi connectivity index (χ2v) is 8.26. The van der Waals surface area contributed by atoms with Crippen molar-refractivity contribution < 1.29 is 19.2 Å². The Labute approximate surface area is 188 Å². The summed E-state index contributed by atoms with van der Waals surface area (Å²) in [6.07, 6.45) is 3.34. The second kappa shape index (κ2) is 8.80. The lowest BCUT2D eigenvalue weighted by Crippen LogP contribution is -2.31. The van der Waals surface area contributed by atoms with Gasteiger partial charge in [0.2, 0.25) is 0 Å². The summed E-state index contributed by atoms with van der Waals surface area (Å²) in [6, 6.07) is 9.01. The summed E-state index contributed by atoms with van der Waals surface area (Å²) in [7, 11) is 1.58. The minimum atomic E-state index is -0.868. The average Bonchev–Trinajstić information content (AvgIpc) is 3.21. The molecule has 4 rings (SSSR count). The van der Waals surface area contributed by atoms with Crippen LogP contribution in [0.5, 0.6) is 5.75 Å². The van der Waals surface area contributed by atoms with Crippen molar-refractivity contribution >= 4 is 27.4 Å². The minimum absolute atomic E-state index is 0.0365. The van der Waals surface area contributed by atoms with Gasteiger partial charge in [0, 0.05) is 28.2 Å². The number of pyridine rings is 1. The normalized spacial score (nSPS) is 16.2. The molecule has 164 valence electrons. The van der Waals surface area contributed by atoms with Crippen molar-refractivity contribution in [3.05, 3.63) is 92.0 Å². The van der Waals surface area contributed by atoms with Gasteiger partial charge in [-0.25, -0.2) is 4.79 Å². The monoisotopic (exact) mass is 451 g/mol. The van der Waals surface area contributed by atoms with Gasteiger partial charge in [-0.15, -0.1) is 11.3 Å². The SMILES string of the molecule is COc1ccc(COC(=O)C2=C(C)NC(C)=C([N+](=O)[O-])C2c2csc3ccncc23)cc1. The molecule has 1 aromatic carbocycles. The summed E-state index contributed by atoms with van der Waals surface area (Å²) >= 11 is 1.46. The number of methoxy groups -OCH3 is 1. The third kappa shape index (κ3) is 3.94. The van der Waals surface area contributed by atoms with E-state index in [4.69, 9.17) is 9.47 Å². The van der Waals surface area contributed by atoms with Gasteiger partial charge < -0.3 is 14.8 Å². The van der Waals surface area contributed by atoms with Crippen LogP contribution in [-0.2, 0) is 16.1 Å². The fourth-order valence-corrected chi connectivity index (χ4v) is 4.82. The Morgan fingerprint density at radius 3 is 2.66 bits per heavy atom. The number of carbonyl (C=O) groups excluding carboxylic acids is 1. The third-order valence-corrected chi connectivity index (χ3v) is 6.37. The van der Waals surface area contributed by atoms with Crippen LogP contribution < -0.4 is 10.1 Å². The Kier molecular flexibility index (Phi) is 5.91. The quantitative estimate of drug-likeness (QED) is 0.334. The van der Waals surface area contributed by atoms with Gasteiger partial charge in [0.15, 0.2) is 0 Å². The summed E-state index contributed by atoms with van der Waals surface area (Å²) in [4.78, 5) is 29.0. The van der Waals surface area contributed by atoms with Crippen LogP contribution in [0.25, 0.3) is 10.1 Å². The molecule has 0 saturated heterocycles. The highest BCUT2D eigenvalue weighted by Crippen LogP contribution is 2.43. The standard InChI is InChI=1S/C23H21N3O5S/c1-13-20(23(27)31-11-15-4-6-16(30-3)7-5-15)21(22(26(28)29)14(2)25-13)18-12-32-19-8-9-24-10-17(18)19/h4-10,12,21,25H,11H2,1-3H3. The summed E-state index contributed by atoms with van der Waals surface area (Å²) in [6.45, 7) is 3.40. The molecule has 2 aromatic heterocycles. The molecule has 0 bridgehead atoms. The van der Waals surface area contributed by atoms with Crippen LogP contribution in [0.2, 0.25) is 0 Å². The number of aromatic nitrogens is 1. The number of allylic oxidation sites excluding steroid dienone is 3. The highest BCUT2D eigenvalue weighted by molar-refractivity contribution is 7.17. The van der Waals surface area contributed by atoms with Gasteiger partial charge in [0.05, 0.1) is 23.3 Å². The molecule has 3 heterocycles. The number of nitro groups is 1. The van der Waals surface area contributed by atoms with E-state index in [9.17, 15) is 14.9 Å². The maximum absolute atomic E-state index is 13.2. The van der Waals surface area contributed by atoms with E-state index < -0.39 is 16.8 Å². The van der Waals surface area contributed by atoms with E-state index in [0.717, 1.165) is 15.6 Å². The first-order valence-corrected chi connectivity index (χ1v) is 10.7. The Balaban J connectivity index is 1.71. The fraction of sp³-hybridized carbons (Fsp3) is 0.217. The maximum atomic E-state index is 13.2. The number of benzene rings is 1. The number of hydrogen-bond donors (Lipinski definition) is 1. The van der Waals surface area contributed by atoms with Crippen LogP contribution >= 0.6 is 11.3 Å². The van der Waals surface area contributed by atoms with Gasteiger partial charge in [-0.2, -0.15) is 0 Å². The van der Waals surface area contributed by atoms with Crippen LogP contribution in [0.3, 0.4) is 0 Å². The summed E-state index contributed by atoms with van der Waals surface area (Å²) < 4.78 is 11.7. The first-order valence-electron chi connectivity index (χ1n) is 9.84. The number of carbonyl (C=O) groups is 1. The van der Waals surface area contributed by atoms with Crippen LogP contribution in [0.4, 0.5) is 0 Å². The summed E-state index contributed by atoms with van der Waals surface area (Å²) in [5, 5.41) is 17.6. The number of rotatable bonds is 6. The number of nitrogens with zero attached hydrogens (tertiary/aromatic N) is 2. The van der Waals surface area contributed by atoms with Crippen LogP contribution in [0.15, 0.2) is 70.8 Å².